The molecule has 3 aromatic rings. The maximum absolute atomic E-state index is 4.73. The predicted octanol–water partition coefficient (Wildman–Crippen LogP) is 0.100. The summed E-state index contributed by atoms with van der Waals surface area (Å²) in [6, 6.07) is 10.5. The number of aryl methyl sites for hydroxylation is 2. The van der Waals surface area contributed by atoms with Gasteiger partial charge in [-0.15, -0.1) is 11.3 Å². The number of pyridine rings is 1. The molecule has 0 aliphatic rings. The van der Waals surface area contributed by atoms with Gasteiger partial charge in [-0.05, 0) is 24.6 Å². The maximum atomic E-state index is 4.73. The van der Waals surface area contributed by atoms with Crippen LogP contribution in [0.4, 0.5) is 0 Å². The summed E-state index contributed by atoms with van der Waals surface area (Å²) in [4.78, 5) is 4.73. The Morgan fingerprint density at radius 3 is 2.72 bits per heavy atom. The first-order chi connectivity index (χ1) is 8.24. The van der Waals surface area contributed by atoms with Gasteiger partial charge in [0.05, 0.1) is 15.8 Å². The predicted molar refractivity (Wildman–Crippen MR) is 71.0 cm³/mol. The Balaban J connectivity index is 0.00000120. The average Bonchev–Trinajstić information content (AvgIpc) is 2.74. The van der Waals surface area contributed by atoms with Crippen LogP contribution in [0.5, 0.6) is 0 Å². The van der Waals surface area contributed by atoms with Crippen LogP contribution in [0.1, 0.15) is 5.56 Å². The highest BCUT2D eigenvalue weighted by Crippen LogP contribution is 2.30. The van der Waals surface area contributed by atoms with Gasteiger partial charge in [0.2, 0.25) is 0 Å². The normalized spacial score (nSPS) is 10.3. The smallest absolute Gasteiger partial charge is 0.178 e. The Morgan fingerprint density at radius 2 is 2.00 bits per heavy atom. The summed E-state index contributed by atoms with van der Waals surface area (Å²) in [6.45, 7) is 2.11. The van der Waals surface area contributed by atoms with Crippen molar-refractivity contribution >= 4 is 21.6 Å². The van der Waals surface area contributed by atoms with Gasteiger partial charge in [0.25, 0.3) is 0 Å². The van der Waals surface area contributed by atoms with E-state index in [0.717, 1.165) is 10.5 Å². The number of hydrogen-bond donors (Lipinski definition) is 0. The molecule has 0 fully saturated rings. The maximum Gasteiger partial charge on any atom is 0.178 e. The van der Waals surface area contributed by atoms with E-state index in [9.17, 15) is 0 Å². The van der Waals surface area contributed by atoms with Gasteiger partial charge in [-0.25, -0.2) is 9.55 Å². The van der Waals surface area contributed by atoms with Crippen molar-refractivity contribution in [3.05, 3.63) is 48.3 Å². The van der Waals surface area contributed by atoms with E-state index in [1.807, 2.05) is 23.9 Å². The third kappa shape index (κ3) is 2.40. The number of fused-ring (bicyclic) bond motifs is 1. The summed E-state index contributed by atoms with van der Waals surface area (Å²) in [5.74, 6) is 0. The first-order valence-electron chi connectivity index (χ1n) is 5.56. The Hall–Kier alpha value is -1.01. The Morgan fingerprint density at radius 1 is 1.17 bits per heavy atom. The number of halogens is 1. The summed E-state index contributed by atoms with van der Waals surface area (Å²) in [6.07, 6.45) is 4.13. The number of benzene rings is 1. The highest BCUT2D eigenvalue weighted by Gasteiger charge is 2.09. The molecule has 1 aromatic carbocycles. The van der Waals surface area contributed by atoms with Crippen molar-refractivity contribution in [3.63, 3.8) is 0 Å². The van der Waals surface area contributed by atoms with Crippen LogP contribution in [0.2, 0.25) is 0 Å². The van der Waals surface area contributed by atoms with Crippen molar-refractivity contribution in [1.82, 2.24) is 4.98 Å². The van der Waals surface area contributed by atoms with Crippen LogP contribution in [0.3, 0.4) is 0 Å². The van der Waals surface area contributed by atoms with Gasteiger partial charge in [0, 0.05) is 6.07 Å². The highest BCUT2D eigenvalue weighted by molar-refractivity contribution is 7.21. The van der Waals surface area contributed by atoms with E-state index < -0.39 is 0 Å². The lowest BCUT2D eigenvalue weighted by molar-refractivity contribution is -0.671. The molecule has 0 radical (unpaired) electrons. The van der Waals surface area contributed by atoms with Crippen molar-refractivity contribution in [2.24, 2.45) is 7.05 Å². The number of rotatable bonds is 1. The monoisotopic (exact) mass is 368 g/mol. The fourth-order valence-corrected chi connectivity index (χ4v) is 2.96. The number of hydrogen-bond acceptors (Lipinski definition) is 2. The van der Waals surface area contributed by atoms with Gasteiger partial charge < -0.3 is 24.0 Å². The van der Waals surface area contributed by atoms with Gasteiger partial charge in [-0.2, -0.15) is 0 Å². The van der Waals surface area contributed by atoms with E-state index in [-0.39, 0.29) is 24.0 Å². The molecule has 2 heterocycles. The summed E-state index contributed by atoms with van der Waals surface area (Å²) in [5, 5.41) is 1.09. The lowest BCUT2D eigenvalue weighted by Gasteiger charge is -1.92. The van der Waals surface area contributed by atoms with Crippen LogP contribution < -0.4 is 28.5 Å². The molecule has 3 rings (SSSR count). The minimum Gasteiger partial charge on any atom is -1.00 e. The van der Waals surface area contributed by atoms with E-state index >= 15 is 0 Å². The molecule has 0 bridgehead atoms. The van der Waals surface area contributed by atoms with E-state index in [4.69, 9.17) is 4.98 Å². The Kier molecular flexibility index (Phi) is 3.97. The molecule has 0 unspecified atom stereocenters. The fraction of sp³-hybridized carbons (Fsp3) is 0.143. The lowest BCUT2D eigenvalue weighted by atomic mass is 10.2. The molecule has 0 amide bonds. The third-order valence-corrected chi connectivity index (χ3v) is 3.88. The number of para-hydroxylation sites is 1. The van der Waals surface area contributed by atoms with Crippen molar-refractivity contribution in [1.29, 1.82) is 0 Å². The third-order valence-electron chi connectivity index (χ3n) is 2.81. The first-order valence-corrected chi connectivity index (χ1v) is 6.37. The van der Waals surface area contributed by atoms with Crippen molar-refractivity contribution in [2.45, 2.75) is 6.92 Å². The largest absolute Gasteiger partial charge is 1.00 e. The zero-order valence-corrected chi connectivity index (χ0v) is 13.2. The summed E-state index contributed by atoms with van der Waals surface area (Å²) in [5.41, 5.74) is 3.54. The zero-order chi connectivity index (χ0) is 11.8. The standard InChI is InChI=1S/C14H13N2S.HI/c1-10-5-3-7-12-13(10)15-14(17-12)11-6-4-8-16(2)9-11;/h3-9H,1-2H3;1H/q+1;/p-1. The van der Waals surface area contributed by atoms with E-state index in [1.165, 1.54) is 15.8 Å². The quantitative estimate of drug-likeness (QED) is 0.440. The summed E-state index contributed by atoms with van der Waals surface area (Å²) < 4.78 is 3.31. The Labute approximate surface area is 127 Å². The molecule has 4 heteroatoms. The minimum absolute atomic E-state index is 0. The second kappa shape index (κ2) is 5.32. The molecule has 0 aliphatic carbocycles. The van der Waals surface area contributed by atoms with Crippen molar-refractivity contribution < 1.29 is 28.5 Å². The second-order valence-corrected chi connectivity index (χ2v) is 5.23. The molecule has 0 saturated carbocycles. The van der Waals surface area contributed by atoms with E-state index in [0.29, 0.717) is 0 Å². The molecular formula is C14H13IN2S. The molecular weight excluding hydrogens is 355 g/mol. The first kappa shape index (κ1) is 13.4. The van der Waals surface area contributed by atoms with Crippen LogP contribution in [0.25, 0.3) is 20.8 Å². The van der Waals surface area contributed by atoms with E-state index in [2.05, 4.69) is 37.4 Å². The molecule has 18 heavy (non-hydrogen) atoms. The topological polar surface area (TPSA) is 16.8 Å². The minimum atomic E-state index is 0. The Bertz CT molecular complexity index is 691. The van der Waals surface area contributed by atoms with Crippen LogP contribution in [0.15, 0.2) is 42.7 Å². The number of aromatic nitrogens is 2. The second-order valence-electron chi connectivity index (χ2n) is 4.20. The molecule has 0 N–H and O–H groups in total. The zero-order valence-electron chi connectivity index (χ0n) is 10.2. The lowest BCUT2D eigenvalue weighted by Crippen LogP contribution is -3.00. The van der Waals surface area contributed by atoms with E-state index in [1.54, 1.807) is 11.3 Å². The van der Waals surface area contributed by atoms with Crippen molar-refractivity contribution in [3.8, 4) is 10.6 Å². The molecule has 2 aromatic heterocycles. The fourth-order valence-electron chi connectivity index (χ4n) is 1.92. The average molecular weight is 368 g/mol. The van der Waals surface area contributed by atoms with Gasteiger partial charge in [0.1, 0.15) is 12.1 Å². The SMILES string of the molecule is Cc1cccc2sc(-c3ccc[n+](C)c3)nc12.[I-]. The number of nitrogens with zero attached hydrogens (tertiary/aromatic N) is 2. The molecule has 0 aliphatic heterocycles. The van der Waals surface area contributed by atoms with Crippen molar-refractivity contribution in [2.75, 3.05) is 0 Å². The van der Waals surface area contributed by atoms with Gasteiger partial charge in [-0.3, -0.25) is 0 Å². The summed E-state index contributed by atoms with van der Waals surface area (Å²) in [7, 11) is 2.03. The van der Waals surface area contributed by atoms with Gasteiger partial charge >= 0.3 is 0 Å². The molecule has 2 nitrogen and oxygen atoms in total. The van der Waals surface area contributed by atoms with Gasteiger partial charge in [0.15, 0.2) is 12.4 Å². The molecule has 0 spiro atoms. The highest BCUT2D eigenvalue weighted by atomic mass is 127. The molecule has 0 saturated heterocycles. The molecule has 0 atom stereocenters. The molecule has 92 valence electrons. The van der Waals surface area contributed by atoms with Crippen LogP contribution in [-0.2, 0) is 7.05 Å². The van der Waals surface area contributed by atoms with Crippen LogP contribution in [0, 0.1) is 6.92 Å². The van der Waals surface area contributed by atoms with Crippen LogP contribution >= 0.6 is 11.3 Å². The summed E-state index contributed by atoms with van der Waals surface area (Å²) >= 11 is 1.75. The van der Waals surface area contributed by atoms with Crippen LogP contribution in [-0.4, -0.2) is 4.98 Å². The van der Waals surface area contributed by atoms with Gasteiger partial charge in [-0.1, -0.05) is 12.1 Å². The number of thiazole rings is 1.